The Morgan fingerprint density at radius 2 is 2.05 bits per heavy atom. The average molecular weight is 286 g/mol. The Balaban J connectivity index is 1.69. The van der Waals surface area contributed by atoms with Crippen molar-refractivity contribution >= 4 is 17.3 Å². The third-order valence-electron chi connectivity index (χ3n) is 5.32. The van der Waals surface area contributed by atoms with Crippen LogP contribution < -0.4 is 10.2 Å². The zero-order valence-electron chi connectivity index (χ0n) is 13.4. The lowest BCUT2D eigenvalue weighted by Gasteiger charge is -2.33. The van der Waals surface area contributed by atoms with Crippen LogP contribution in [-0.4, -0.2) is 18.5 Å². The smallest absolute Gasteiger partial charge is 0.223 e. The van der Waals surface area contributed by atoms with E-state index in [9.17, 15) is 4.79 Å². The molecule has 2 aliphatic rings. The zero-order valence-corrected chi connectivity index (χ0v) is 13.4. The Bertz CT molecular complexity index is 540. The molecule has 0 radical (unpaired) electrons. The maximum absolute atomic E-state index is 11.6. The molecule has 1 N–H and O–H groups in total. The Labute approximate surface area is 127 Å². The molecular weight excluding hydrogens is 260 g/mol. The molecule has 3 atom stereocenters. The van der Waals surface area contributed by atoms with Gasteiger partial charge in [-0.05, 0) is 61.3 Å². The fourth-order valence-electron chi connectivity index (χ4n) is 3.73. The number of rotatable bonds is 2. The summed E-state index contributed by atoms with van der Waals surface area (Å²) in [6.07, 6.45) is 4.82. The van der Waals surface area contributed by atoms with Gasteiger partial charge in [0.1, 0.15) is 0 Å². The number of hydrogen-bond donors (Lipinski definition) is 1. The predicted octanol–water partition coefficient (Wildman–Crippen LogP) is 3.83. The van der Waals surface area contributed by atoms with Crippen LogP contribution in [0.3, 0.4) is 0 Å². The number of nitrogens with zero attached hydrogens (tertiary/aromatic N) is 1. The van der Waals surface area contributed by atoms with Crippen molar-refractivity contribution in [1.82, 2.24) is 0 Å². The Morgan fingerprint density at radius 1 is 1.24 bits per heavy atom. The van der Waals surface area contributed by atoms with Crippen LogP contribution in [-0.2, 0) is 11.2 Å². The van der Waals surface area contributed by atoms with Gasteiger partial charge in [0.25, 0.3) is 0 Å². The predicted molar refractivity (Wildman–Crippen MR) is 87.8 cm³/mol. The monoisotopic (exact) mass is 286 g/mol. The van der Waals surface area contributed by atoms with E-state index in [0.717, 1.165) is 30.5 Å². The van der Waals surface area contributed by atoms with E-state index < -0.39 is 0 Å². The van der Waals surface area contributed by atoms with Gasteiger partial charge in [-0.25, -0.2) is 0 Å². The minimum absolute atomic E-state index is 0.143. The third kappa shape index (κ3) is 2.92. The van der Waals surface area contributed by atoms with Crippen LogP contribution in [0, 0.1) is 11.8 Å². The first-order valence-corrected chi connectivity index (χ1v) is 8.22. The summed E-state index contributed by atoms with van der Waals surface area (Å²) in [4.78, 5) is 13.5. The van der Waals surface area contributed by atoms with Gasteiger partial charge in [-0.15, -0.1) is 0 Å². The molecule has 0 aromatic heterocycles. The maximum atomic E-state index is 11.6. The molecule has 1 fully saturated rings. The number of carbonyl (C=O) groups excluding carboxylic acids is 1. The highest BCUT2D eigenvalue weighted by Gasteiger charge is 2.25. The highest BCUT2D eigenvalue weighted by atomic mass is 16.2. The lowest BCUT2D eigenvalue weighted by Crippen LogP contribution is -2.30. The highest BCUT2D eigenvalue weighted by Crippen LogP contribution is 2.34. The van der Waals surface area contributed by atoms with Gasteiger partial charge in [-0.1, -0.05) is 13.8 Å². The standard InChI is InChI=1S/C18H26N2O/c1-12-4-5-16(10-13(12)2)19-17-6-7-18-15(11-17)8-9-20(18)14(3)21/h6-7,11-13,16,19H,4-5,8-10H2,1-3H3. The van der Waals surface area contributed by atoms with Gasteiger partial charge in [-0.3, -0.25) is 4.79 Å². The third-order valence-corrected chi connectivity index (χ3v) is 5.32. The zero-order chi connectivity index (χ0) is 15.0. The first-order chi connectivity index (χ1) is 10.0. The number of anilines is 2. The first kappa shape index (κ1) is 14.4. The summed E-state index contributed by atoms with van der Waals surface area (Å²) in [6, 6.07) is 7.06. The second kappa shape index (κ2) is 5.70. The second-order valence-electron chi connectivity index (χ2n) is 6.87. The molecule has 3 unspecified atom stereocenters. The summed E-state index contributed by atoms with van der Waals surface area (Å²) in [6.45, 7) is 7.20. The largest absolute Gasteiger partial charge is 0.382 e. The molecule has 1 amide bonds. The molecule has 3 nitrogen and oxygen atoms in total. The molecule has 1 saturated carbocycles. The van der Waals surface area contributed by atoms with Gasteiger partial charge in [0.05, 0.1) is 0 Å². The molecule has 1 aromatic carbocycles. The minimum Gasteiger partial charge on any atom is -0.382 e. The number of fused-ring (bicyclic) bond motifs is 1. The van der Waals surface area contributed by atoms with Gasteiger partial charge in [0.15, 0.2) is 0 Å². The van der Waals surface area contributed by atoms with Crippen LogP contribution in [0.4, 0.5) is 11.4 Å². The average Bonchev–Trinajstić information content (AvgIpc) is 2.86. The van der Waals surface area contributed by atoms with Crippen molar-refractivity contribution in [3.63, 3.8) is 0 Å². The van der Waals surface area contributed by atoms with Crippen LogP contribution in [0.2, 0.25) is 0 Å². The van der Waals surface area contributed by atoms with Crippen molar-refractivity contribution < 1.29 is 4.79 Å². The van der Waals surface area contributed by atoms with Crippen molar-refractivity contribution in [2.75, 3.05) is 16.8 Å². The Morgan fingerprint density at radius 3 is 2.76 bits per heavy atom. The Kier molecular flexibility index (Phi) is 3.92. The van der Waals surface area contributed by atoms with E-state index in [1.807, 2.05) is 4.90 Å². The molecule has 0 spiro atoms. The topological polar surface area (TPSA) is 32.3 Å². The van der Waals surface area contributed by atoms with E-state index in [1.54, 1.807) is 6.92 Å². The number of amides is 1. The summed E-state index contributed by atoms with van der Waals surface area (Å²) < 4.78 is 0. The number of benzene rings is 1. The van der Waals surface area contributed by atoms with Crippen LogP contribution in [0.15, 0.2) is 18.2 Å². The summed E-state index contributed by atoms with van der Waals surface area (Å²) in [7, 11) is 0. The van der Waals surface area contributed by atoms with Gasteiger partial charge >= 0.3 is 0 Å². The molecule has 3 rings (SSSR count). The molecular formula is C18H26N2O. The van der Waals surface area contributed by atoms with E-state index in [1.165, 1.54) is 30.5 Å². The Hall–Kier alpha value is -1.51. The molecule has 0 bridgehead atoms. The second-order valence-corrected chi connectivity index (χ2v) is 6.87. The molecule has 21 heavy (non-hydrogen) atoms. The van der Waals surface area contributed by atoms with Crippen molar-refractivity contribution in [2.24, 2.45) is 11.8 Å². The van der Waals surface area contributed by atoms with Crippen molar-refractivity contribution in [2.45, 2.75) is 52.5 Å². The van der Waals surface area contributed by atoms with Crippen LogP contribution >= 0.6 is 0 Å². The van der Waals surface area contributed by atoms with Crippen LogP contribution in [0.1, 0.15) is 45.6 Å². The molecule has 3 heteroatoms. The summed E-state index contributed by atoms with van der Waals surface area (Å²) in [5, 5.41) is 3.70. The maximum Gasteiger partial charge on any atom is 0.223 e. The fourth-order valence-corrected chi connectivity index (χ4v) is 3.73. The van der Waals surface area contributed by atoms with E-state index in [0.29, 0.717) is 6.04 Å². The van der Waals surface area contributed by atoms with Gasteiger partial charge in [0, 0.05) is 30.9 Å². The summed E-state index contributed by atoms with van der Waals surface area (Å²) >= 11 is 0. The summed E-state index contributed by atoms with van der Waals surface area (Å²) in [5.41, 5.74) is 3.61. The van der Waals surface area contributed by atoms with Crippen molar-refractivity contribution in [3.05, 3.63) is 23.8 Å². The normalized spacial score (nSPS) is 28.3. The number of nitrogens with one attached hydrogen (secondary N) is 1. The van der Waals surface area contributed by atoms with Crippen molar-refractivity contribution in [3.8, 4) is 0 Å². The lowest BCUT2D eigenvalue weighted by molar-refractivity contribution is -0.116. The quantitative estimate of drug-likeness (QED) is 0.896. The van der Waals surface area contributed by atoms with E-state index in [4.69, 9.17) is 0 Å². The van der Waals surface area contributed by atoms with E-state index >= 15 is 0 Å². The molecule has 114 valence electrons. The number of carbonyl (C=O) groups is 1. The van der Waals surface area contributed by atoms with Crippen LogP contribution in [0.25, 0.3) is 0 Å². The van der Waals surface area contributed by atoms with E-state index in [2.05, 4.69) is 37.4 Å². The number of hydrogen-bond acceptors (Lipinski definition) is 2. The van der Waals surface area contributed by atoms with Gasteiger partial charge in [0.2, 0.25) is 5.91 Å². The van der Waals surface area contributed by atoms with Crippen LogP contribution in [0.5, 0.6) is 0 Å². The molecule has 0 saturated heterocycles. The molecule has 1 aromatic rings. The fraction of sp³-hybridized carbons (Fsp3) is 0.611. The minimum atomic E-state index is 0.143. The first-order valence-electron chi connectivity index (χ1n) is 8.22. The molecule has 1 aliphatic heterocycles. The van der Waals surface area contributed by atoms with Crippen molar-refractivity contribution in [1.29, 1.82) is 0 Å². The van der Waals surface area contributed by atoms with E-state index in [-0.39, 0.29) is 5.91 Å². The highest BCUT2D eigenvalue weighted by molar-refractivity contribution is 5.94. The lowest BCUT2D eigenvalue weighted by atomic mass is 9.79. The SMILES string of the molecule is CC(=O)N1CCc2cc(NC3CCC(C)C(C)C3)ccc21. The van der Waals surface area contributed by atoms with Gasteiger partial charge < -0.3 is 10.2 Å². The molecule has 1 heterocycles. The summed E-state index contributed by atoms with van der Waals surface area (Å²) in [5.74, 6) is 1.80. The molecule has 1 aliphatic carbocycles. The van der Waals surface area contributed by atoms with Gasteiger partial charge in [-0.2, -0.15) is 0 Å².